The van der Waals surface area contributed by atoms with Crippen molar-refractivity contribution in [1.82, 2.24) is 10.2 Å². The Balaban J connectivity index is 2.65. The van der Waals surface area contributed by atoms with Crippen LogP contribution in [0.25, 0.3) is 0 Å². The van der Waals surface area contributed by atoms with E-state index in [1.54, 1.807) is 12.0 Å². The molecule has 0 saturated carbocycles. The Morgan fingerprint density at radius 3 is 2.44 bits per heavy atom. The molecule has 0 atom stereocenters. The molecule has 0 radical (unpaired) electrons. The molecule has 0 aliphatic heterocycles. The molecule has 2 aromatic rings. The summed E-state index contributed by atoms with van der Waals surface area (Å²) >= 11 is 0. The summed E-state index contributed by atoms with van der Waals surface area (Å²) in [5.74, 6) is -1.44. The molecule has 2 heterocycles. The highest BCUT2D eigenvalue weighted by atomic mass is 32.2. The number of anilines is 1. The molecule has 0 saturated heterocycles. The molecule has 8 nitrogen and oxygen atoms in total. The van der Waals surface area contributed by atoms with Crippen molar-refractivity contribution in [3.63, 3.8) is 0 Å². The summed E-state index contributed by atoms with van der Waals surface area (Å²) in [5.41, 5.74) is -1.50. The van der Waals surface area contributed by atoms with Crippen molar-refractivity contribution >= 4 is 21.8 Å². The molecule has 2 rings (SSSR count). The topological polar surface area (TPSA) is 106 Å². The first-order valence-electron chi connectivity index (χ1n) is 7.78. The quantitative estimate of drug-likeness (QED) is 0.736. The number of furan rings is 1. The van der Waals surface area contributed by atoms with Gasteiger partial charge >= 0.3 is 12.1 Å². The number of carbonyl (C=O) groups excluding carboxylic acids is 1. The third-order valence-electron chi connectivity index (χ3n) is 3.69. The summed E-state index contributed by atoms with van der Waals surface area (Å²) in [4.78, 5) is 11.6. The Morgan fingerprint density at radius 1 is 1.33 bits per heavy atom. The number of carbonyl (C=O) groups is 1. The van der Waals surface area contributed by atoms with E-state index in [4.69, 9.17) is 4.42 Å². The van der Waals surface area contributed by atoms with Crippen LogP contribution in [0.5, 0.6) is 0 Å². The minimum atomic E-state index is -4.72. The van der Waals surface area contributed by atoms with E-state index in [0.29, 0.717) is 10.4 Å². The SMILES string of the molecule is CCCN(c1cc(C(F)(F)F)[nH]n1)S(=O)(=O)c1c(C)oc(C)c1C(=O)OC. The first-order valence-corrected chi connectivity index (χ1v) is 9.22. The summed E-state index contributed by atoms with van der Waals surface area (Å²) < 4.78 is 75.4. The Hall–Kier alpha value is -2.50. The average Bonchev–Trinajstić information content (AvgIpc) is 3.16. The zero-order valence-corrected chi connectivity index (χ0v) is 15.8. The molecule has 150 valence electrons. The highest BCUT2D eigenvalue weighted by molar-refractivity contribution is 7.93. The molecule has 0 aliphatic rings. The maximum atomic E-state index is 13.2. The molecule has 12 heteroatoms. The fourth-order valence-corrected chi connectivity index (χ4v) is 4.44. The standard InChI is InChI=1S/C15H18F3N3O5S/c1-5-6-21(11-7-10(19-20-11)15(16,17)18)27(23,24)13-9(3)26-8(2)12(13)14(22)25-4/h7H,5-6H2,1-4H3,(H,19,20). The molecule has 0 spiro atoms. The Morgan fingerprint density at radius 2 is 1.96 bits per heavy atom. The van der Waals surface area contributed by atoms with Crippen LogP contribution in [0.1, 0.15) is 40.9 Å². The van der Waals surface area contributed by atoms with Crippen LogP contribution in [0.15, 0.2) is 15.4 Å². The molecular formula is C15H18F3N3O5S. The van der Waals surface area contributed by atoms with Gasteiger partial charge in [0.2, 0.25) is 0 Å². The van der Waals surface area contributed by atoms with E-state index >= 15 is 0 Å². The number of rotatable bonds is 6. The number of aromatic amines is 1. The molecule has 27 heavy (non-hydrogen) atoms. The number of nitrogens with zero attached hydrogens (tertiary/aromatic N) is 2. The summed E-state index contributed by atoms with van der Waals surface area (Å²) in [7, 11) is -3.38. The number of H-pyrrole nitrogens is 1. The molecule has 0 amide bonds. The normalized spacial score (nSPS) is 12.3. The van der Waals surface area contributed by atoms with Crippen molar-refractivity contribution in [2.24, 2.45) is 0 Å². The van der Waals surface area contributed by atoms with Gasteiger partial charge in [-0.1, -0.05) is 6.92 Å². The largest absolute Gasteiger partial charge is 0.465 e. The number of halogens is 3. The number of alkyl halides is 3. The zero-order chi connectivity index (χ0) is 20.6. The molecule has 0 aromatic carbocycles. The van der Waals surface area contributed by atoms with Gasteiger partial charge in [-0.2, -0.15) is 18.3 Å². The van der Waals surface area contributed by atoms with Crippen molar-refractivity contribution in [1.29, 1.82) is 0 Å². The number of hydrogen-bond acceptors (Lipinski definition) is 6. The molecular weight excluding hydrogens is 391 g/mol. The van der Waals surface area contributed by atoms with Crippen LogP contribution in [0.4, 0.5) is 19.0 Å². The summed E-state index contributed by atoms with van der Waals surface area (Å²) in [6, 6.07) is 0.591. The van der Waals surface area contributed by atoms with Crippen LogP contribution >= 0.6 is 0 Å². The van der Waals surface area contributed by atoms with Crippen molar-refractivity contribution in [2.45, 2.75) is 38.3 Å². The summed E-state index contributed by atoms with van der Waals surface area (Å²) in [6.45, 7) is 4.21. The lowest BCUT2D eigenvalue weighted by Gasteiger charge is -2.21. The van der Waals surface area contributed by atoms with E-state index in [2.05, 4.69) is 9.84 Å². The molecule has 0 unspecified atom stereocenters. The van der Waals surface area contributed by atoms with Crippen LogP contribution in [-0.4, -0.2) is 38.2 Å². The van der Waals surface area contributed by atoms with Crippen LogP contribution in [-0.2, 0) is 20.9 Å². The van der Waals surface area contributed by atoms with Crippen LogP contribution in [0.3, 0.4) is 0 Å². The Kier molecular flexibility index (Phi) is 5.59. The van der Waals surface area contributed by atoms with Gasteiger partial charge in [0.15, 0.2) is 5.82 Å². The van der Waals surface area contributed by atoms with E-state index < -0.39 is 38.6 Å². The minimum Gasteiger partial charge on any atom is -0.465 e. The zero-order valence-electron chi connectivity index (χ0n) is 15.0. The second kappa shape index (κ2) is 7.25. The highest BCUT2D eigenvalue weighted by Crippen LogP contribution is 2.34. The van der Waals surface area contributed by atoms with Gasteiger partial charge in [0, 0.05) is 12.6 Å². The molecule has 0 bridgehead atoms. The first kappa shape index (κ1) is 20.8. The second-order valence-corrected chi connectivity index (χ2v) is 7.42. The van der Waals surface area contributed by atoms with Gasteiger partial charge in [-0.3, -0.25) is 5.10 Å². The number of sulfonamides is 1. The maximum absolute atomic E-state index is 13.2. The van der Waals surface area contributed by atoms with Crippen molar-refractivity contribution in [3.05, 3.63) is 28.8 Å². The number of hydrogen-bond donors (Lipinski definition) is 1. The number of methoxy groups -OCH3 is 1. The van der Waals surface area contributed by atoms with Gasteiger partial charge in [0.05, 0.1) is 7.11 Å². The lowest BCUT2D eigenvalue weighted by atomic mass is 10.2. The van der Waals surface area contributed by atoms with Crippen LogP contribution in [0.2, 0.25) is 0 Å². The average molecular weight is 409 g/mol. The smallest absolute Gasteiger partial charge is 0.432 e. The van der Waals surface area contributed by atoms with Gasteiger partial charge in [0.1, 0.15) is 27.7 Å². The lowest BCUT2D eigenvalue weighted by molar-refractivity contribution is -0.141. The fraction of sp³-hybridized carbons (Fsp3) is 0.467. The third-order valence-corrected chi connectivity index (χ3v) is 5.65. The van der Waals surface area contributed by atoms with E-state index in [0.717, 1.165) is 7.11 Å². The van der Waals surface area contributed by atoms with Gasteiger partial charge in [-0.05, 0) is 20.3 Å². The monoisotopic (exact) mass is 409 g/mol. The van der Waals surface area contributed by atoms with E-state index in [-0.39, 0.29) is 30.0 Å². The fourth-order valence-electron chi connectivity index (χ4n) is 2.57. The van der Waals surface area contributed by atoms with Gasteiger partial charge in [-0.15, -0.1) is 0 Å². The van der Waals surface area contributed by atoms with E-state index in [1.807, 2.05) is 0 Å². The predicted molar refractivity (Wildman–Crippen MR) is 87.9 cm³/mol. The summed E-state index contributed by atoms with van der Waals surface area (Å²) in [5, 5.41) is 5.26. The number of ether oxygens (including phenoxy) is 1. The molecule has 2 aromatic heterocycles. The highest BCUT2D eigenvalue weighted by Gasteiger charge is 2.39. The predicted octanol–water partition coefficient (Wildman–Crippen LogP) is 3.03. The van der Waals surface area contributed by atoms with Crippen molar-refractivity contribution in [3.8, 4) is 0 Å². The van der Waals surface area contributed by atoms with Gasteiger partial charge in [0.25, 0.3) is 10.0 Å². The number of nitrogens with one attached hydrogen (secondary N) is 1. The third kappa shape index (κ3) is 3.80. The number of esters is 1. The Labute approximate surface area is 153 Å². The molecule has 0 aliphatic carbocycles. The van der Waals surface area contributed by atoms with E-state index in [9.17, 15) is 26.4 Å². The number of aromatic nitrogens is 2. The summed E-state index contributed by atoms with van der Waals surface area (Å²) in [6.07, 6.45) is -4.43. The lowest BCUT2D eigenvalue weighted by Crippen LogP contribution is -2.33. The van der Waals surface area contributed by atoms with E-state index in [1.165, 1.54) is 13.8 Å². The molecule has 1 N–H and O–H groups in total. The molecule has 0 fully saturated rings. The van der Waals surface area contributed by atoms with Crippen molar-refractivity contribution in [2.75, 3.05) is 18.0 Å². The van der Waals surface area contributed by atoms with Crippen molar-refractivity contribution < 1.29 is 35.5 Å². The number of aryl methyl sites for hydroxylation is 2. The first-order chi connectivity index (χ1) is 12.4. The second-order valence-electron chi connectivity index (χ2n) is 5.62. The van der Waals surface area contributed by atoms with Gasteiger partial charge < -0.3 is 9.15 Å². The van der Waals surface area contributed by atoms with Gasteiger partial charge in [-0.25, -0.2) is 17.5 Å². The maximum Gasteiger partial charge on any atom is 0.432 e. The van der Waals surface area contributed by atoms with Crippen LogP contribution < -0.4 is 4.31 Å². The van der Waals surface area contributed by atoms with Crippen LogP contribution in [0, 0.1) is 13.8 Å². The minimum absolute atomic E-state index is 0.0207. The Bertz CT molecular complexity index is 947.